The molecule has 1 aromatic carbocycles. The molecule has 0 unspecified atom stereocenters. The van der Waals surface area contributed by atoms with Gasteiger partial charge in [0.1, 0.15) is 0 Å². The summed E-state index contributed by atoms with van der Waals surface area (Å²) in [5.74, 6) is 0. The topological polar surface area (TPSA) is 6.48 Å². The van der Waals surface area contributed by atoms with Crippen LogP contribution in [-0.2, 0) is 6.54 Å². The van der Waals surface area contributed by atoms with Crippen LogP contribution in [0, 0.1) is 13.8 Å². The minimum atomic E-state index is 0.706. The number of nitrogens with zero attached hydrogens (tertiary/aromatic N) is 2. The molecule has 2 aliphatic heterocycles. The van der Waals surface area contributed by atoms with Crippen molar-refractivity contribution in [2.24, 2.45) is 0 Å². The van der Waals surface area contributed by atoms with Gasteiger partial charge in [-0.3, -0.25) is 9.80 Å². The number of aryl methyl sites for hydroxylation is 2. The van der Waals surface area contributed by atoms with E-state index in [1.807, 2.05) is 0 Å². The molecular weight excluding hydrogens is 232 g/mol. The van der Waals surface area contributed by atoms with Crippen LogP contribution < -0.4 is 0 Å². The van der Waals surface area contributed by atoms with Gasteiger partial charge in [-0.05, 0) is 51.3 Å². The van der Waals surface area contributed by atoms with Crippen molar-refractivity contribution >= 4 is 0 Å². The summed E-state index contributed by atoms with van der Waals surface area (Å²) in [7, 11) is 0. The lowest BCUT2D eigenvalue weighted by Crippen LogP contribution is -2.55. The Bertz CT molecular complexity index is 455. The van der Waals surface area contributed by atoms with Crippen molar-refractivity contribution in [3.8, 4) is 0 Å². The Morgan fingerprint density at radius 3 is 2.79 bits per heavy atom. The summed E-state index contributed by atoms with van der Waals surface area (Å²) in [6, 6.07) is 8.39. The largest absolute Gasteiger partial charge is 0.298 e. The molecule has 1 aromatic rings. The molecule has 2 atom stereocenters. The number of fused-ring (bicyclic) bond motifs is 1. The number of benzene rings is 1. The van der Waals surface area contributed by atoms with E-state index in [4.69, 9.17) is 0 Å². The molecule has 2 heterocycles. The standard InChI is InChI=1S/C17H26N2/c1-13-6-7-16(14(2)11-13)12-19-10-9-18-8-4-5-17(18)15(19)3/h6-7,11,15,17H,4-5,8-10,12H2,1-3H3/t15-,17+/m1/s1. The summed E-state index contributed by atoms with van der Waals surface area (Å²) in [6.45, 7) is 11.8. The predicted molar refractivity (Wildman–Crippen MR) is 80.4 cm³/mol. The van der Waals surface area contributed by atoms with Crippen LogP contribution in [0.4, 0.5) is 0 Å². The SMILES string of the molecule is Cc1ccc(CN2CCN3CCC[C@H]3[C@H]2C)c(C)c1. The highest BCUT2D eigenvalue weighted by molar-refractivity contribution is 5.30. The third-order valence-electron chi connectivity index (χ3n) is 5.09. The fraction of sp³-hybridized carbons (Fsp3) is 0.647. The molecule has 0 bridgehead atoms. The zero-order valence-corrected chi connectivity index (χ0v) is 12.5. The van der Waals surface area contributed by atoms with Gasteiger partial charge in [0.15, 0.2) is 0 Å². The summed E-state index contributed by atoms with van der Waals surface area (Å²) in [6.07, 6.45) is 2.79. The van der Waals surface area contributed by atoms with Gasteiger partial charge in [-0.25, -0.2) is 0 Å². The number of hydrogen-bond donors (Lipinski definition) is 0. The molecule has 0 aliphatic carbocycles. The van der Waals surface area contributed by atoms with Crippen molar-refractivity contribution in [3.05, 3.63) is 34.9 Å². The van der Waals surface area contributed by atoms with Crippen molar-refractivity contribution in [3.63, 3.8) is 0 Å². The van der Waals surface area contributed by atoms with Gasteiger partial charge in [0.05, 0.1) is 0 Å². The van der Waals surface area contributed by atoms with E-state index in [2.05, 4.69) is 48.8 Å². The van der Waals surface area contributed by atoms with Crippen molar-refractivity contribution in [2.75, 3.05) is 19.6 Å². The second kappa shape index (κ2) is 5.26. The Hall–Kier alpha value is -0.860. The van der Waals surface area contributed by atoms with Crippen LogP contribution in [0.2, 0.25) is 0 Å². The fourth-order valence-electron chi connectivity index (χ4n) is 3.84. The molecule has 3 rings (SSSR count). The first-order chi connectivity index (χ1) is 9.15. The highest BCUT2D eigenvalue weighted by atomic mass is 15.3. The van der Waals surface area contributed by atoms with Crippen LogP contribution in [0.15, 0.2) is 18.2 Å². The Morgan fingerprint density at radius 1 is 1.16 bits per heavy atom. The maximum Gasteiger partial charge on any atom is 0.0250 e. The summed E-state index contributed by atoms with van der Waals surface area (Å²) in [5.41, 5.74) is 4.32. The summed E-state index contributed by atoms with van der Waals surface area (Å²) >= 11 is 0. The van der Waals surface area contributed by atoms with Gasteiger partial charge in [0, 0.05) is 31.7 Å². The quantitative estimate of drug-likeness (QED) is 0.804. The molecule has 2 nitrogen and oxygen atoms in total. The van der Waals surface area contributed by atoms with Crippen molar-refractivity contribution in [2.45, 2.75) is 52.2 Å². The van der Waals surface area contributed by atoms with Gasteiger partial charge in [-0.2, -0.15) is 0 Å². The van der Waals surface area contributed by atoms with Gasteiger partial charge in [-0.15, -0.1) is 0 Å². The average molecular weight is 258 g/mol. The lowest BCUT2D eigenvalue weighted by molar-refractivity contribution is 0.0469. The average Bonchev–Trinajstić information content (AvgIpc) is 2.85. The molecule has 2 saturated heterocycles. The monoisotopic (exact) mass is 258 g/mol. The first-order valence-corrected chi connectivity index (χ1v) is 7.69. The number of piperazine rings is 1. The molecule has 0 aromatic heterocycles. The van der Waals surface area contributed by atoms with E-state index in [0.29, 0.717) is 6.04 Å². The van der Waals surface area contributed by atoms with E-state index < -0.39 is 0 Å². The predicted octanol–water partition coefficient (Wildman–Crippen LogP) is 2.97. The molecule has 0 radical (unpaired) electrons. The van der Waals surface area contributed by atoms with Crippen molar-refractivity contribution in [1.29, 1.82) is 0 Å². The Balaban J connectivity index is 1.72. The summed E-state index contributed by atoms with van der Waals surface area (Å²) in [5, 5.41) is 0. The Kier molecular flexibility index (Phi) is 3.64. The lowest BCUT2D eigenvalue weighted by atomic mass is 10.00. The van der Waals surface area contributed by atoms with E-state index in [1.165, 1.54) is 49.2 Å². The first kappa shape index (κ1) is 13.1. The molecule has 0 saturated carbocycles. The van der Waals surface area contributed by atoms with E-state index in [9.17, 15) is 0 Å². The molecule has 0 N–H and O–H groups in total. The van der Waals surface area contributed by atoms with Crippen LogP contribution >= 0.6 is 0 Å². The third kappa shape index (κ3) is 2.56. The van der Waals surface area contributed by atoms with Crippen molar-refractivity contribution < 1.29 is 0 Å². The van der Waals surface area contributed by atoms with E-state index in [1.54, 1.807) is 0 Å². The van der Waals surface area contributed by atoms with E-state index in [0.717, 1.165) is 12.6 Å². The maximum absolute atomic E-state index is 2.70. The van der Waals surface area contributed by atoms with Gasteiger partial charge in [0.25, 0.3) is 0 Å². The number of rotatable bonds is 2. The third-order valence-corrected chi connectivity index (χ3v) is 5.09. The number of hydrogen-bond acceptors (Lipinski definition) is 2. The zero-order valence-electron chi connectivity index (χ0n) is 12.5. The van der Waals surface area contributed by atoms with Gasteiger partial charge in [0.2, 0.25) is 0 Å². The van der Waals surface area contributed by atoms with Gasteiger partial charge < -0.3 is 0 Å². The smallest absolute Gasteiger partial charge is 0.0250 e. The van der Waals surface area contributed by atoms with Gasteiger partial charge >= 0.3 is 0 Å². The molecule has 2 aliphatic rings. The van der Waals surface area contributed by atoms with E-state index >= 15 is 0 Å². The van der Waals surface area contributed by atoms with Crippen LogP contribution in [0.3, 0.4) is 0 Å². The molecule has 2 fully saturated rings. The highest BCUT2D eigenvalue weighted by Gasteiger charge is 2.36. The van der Waals surface area contributed by atoms with Crippen LogP contribution in [0.25, 0.3) is 0 Å². The molecule has 104 valence electrons. The molecule has 19 heavy (non-hydrogen) atoms. The minimum Gasteiger partial charge on any atom is -0.298 e. The first-order valence-electron chi connectivity index (χ1n) is 7.69. The highest BCUT2D eigenvalue weighted by Crippen LogP contribution is 2.28. The van der Waals surface area contributed by atoms with Crippen LogP contribution in [0.1, 0.15) is 36.5 Å². The molecule has 0 amide bonds. The second-order valence-electron chi connectivity index (χ2n) is 6.39. The molecular formula is C17H26N2. The van der Waals surface area contributed by atoms with Crippen LogP contribution in [-0.4, -0.2) is 41.5 Å². The summed E-state index contributed by atoms with van der Waals surface area (Å²) in [4.78, 5) is 5.38. The van der Waals surface area contributed by atoms with E-state index in [-0.39, 0.29) is 0 Å². The normalized spacial score (nSPS) is 28.6. The fourth-order valence-corrected chi connectivity index (χ4v) is 3.84. The zero-order chi connectivity index (χ0) is 13.4. The van der Waals surface area contributed by atoms with Crippen LogP contribution in [0.5, 0.6) is 0 Å². The molecule has 2 heteroatoms. The summed E-state index contributed by atoms with van der Waals surface area (Å²) < 4.78 is 0. The van der Waals surface area contributed by atoms with Gasteiger partial charge in [-0.1, -0.05) is 23.8 Å². The molecule has 0 spiro atoms. The Labute approximate surface area is 117 Å². The van der Waals surface area contributed by atoms with Crippen molar-refractivity contribution in [1.82, 2.24) is 9.80 Å². The lowest BCUT2D eigenvalue weighted by Gasteiger charge is -2.43. The maximum atomic E-state index is 2.70. The Morgan fingerprint density at radius 2 is 2.00 bits per heavy atom. The minimum absolute atomic E-state index is 0.706. The second-order valence-corrected chi connectivity index (χ2v) is 6.39.